The second-order valence-corrected chi connectivity index (χ2v) is 7.98. The minimum atomic E-state index is -3.42. The van der Waals surface area contributed by atoms with Crippen molar-refractivity contribution in [3.8, 4) is 0 Å². The Bertz CT molecular complexity index is 564. The molecule has 0 spiro atoms. The third kappa shape index (κ3) is 2.56. The molecule has 2 saturated heterocycles. The Morgan fingerprint density at radius 1 is 1.37 bits per heavy atom. The zero-order chi connectivity index (χ0) is 13.5. The van der Waals surface area contributed by atoms with Gasteiger partial charge in [-0.2, -0.15) is 4.31 Å². The smallest absolute Gasteiger partial charge is 0.244 e. The van der Waals surface area contributed by atoms with Gasteiger partial charge < -0.3 is 5.32 Å². The van der Waals surface area contributed by atoms with Crippen LogP contribution in [0.15, 0.2) is 27.8 Å². The largest absolute Gasteiger partial charge is 0.312 e. The third-order valence-corrected chi connectivity index (χ3v) is 6.11. The number of aromatic nitrogens is 1. The third-order valence-electron chi connectivity index (χ3n) is 3.88. The molecule has 0 aliphatic carbocycles. The summed E-state index contributed by atoms with van der Waals surface area (Å²) in [6.45, 7) is 2.18. The van der Waals surface area contributed by atoms with E-state index >= 15 is 0 Å². The molecular formula is C12H16BrN3O2S. The molecule has 3 heterocycles. The van der Waals surface area contributed by atoms with Gasteiger partial charge in [0.05, 0.1) is 0 Å². The van der Waals surface area contributed by atoms with E-state index in [2.05, 4.69) is 26.2 Å². The Labute approximate surface area is 121 Å². The van der Waals surface area contributed by atoms with Crippen molar-refractivity contribution < 1.29 is 8.42 Å². The molecule has 2 aliphatic rings. The fourth-order valence-corrected chi connectivity index (χ4v) is 4.92. The summed E-state index contributed by atoms with van der Waals surface area (Å²) < 4.78 is 27.4. The van der Waals surface area contributed by atoms with E-state index < -0.39 is 10.0 Å². The van der Waals surface area contributed by atoms with E-state index in [0.717, 1.165) is 19.4 Å². The molecule has 0 radical (unpaired) electrons. The van der Waals surface area contributed by atoms with Crippen LogP contribution in [0.3, 0.4) is 0 Å². The normalized spacial score (nSPS) is 28.3. The van der Waals surface area contributed by atoms with Gasteiger partial charge in [0.2, 0.25) is 10.0 Å². The van der Waals surface area contributed by atoms with Crippen LogP contribution < -0.4 is 5.32 Å². The van der Waals surface area contributed by atoms with Crippen molar-refractivity contribution >= 4 is 26.0 Å². The maximum absolute atomic E-state index is 12.6. The quantitative estimate of drug-likeness (QED) is 0.875. The van der Waals surface area contributed by atoms with Crippen molar-refractivity contribution in [3.05, 3.63) is 22.9 Å². The summed E-state index contributed by atoms with van der Waals surface area (Å²) in [7, 11) is -3.42. The summed E-state index contributed by atoms with van der Waals surface area (Å²) >= 11 is 3.27. The van der Waals surface area contributed by atoms with E-state index in [-0.39, 0.29) is 4.90 Å². The Morgan fingerprint density at radius 3 is 2.95 bits per heavy atom. The zero-order valence-electron chi connectivity index (χ0n) is 10.4. The first kappa shape index (κ1) is 13.5. The van der Waals surface area contributed by atoms with E-state index in [4.69, 9.17) is 0 Å². The molecule has 104 valence electrons. The lowest BCUT2D eigenvalue weighted by atomic mass is 9.94. The van der Waals surface area contributed by atoms with Gasteiger partial charge in [-0.25, -0.2) is 8.42 Å². The van der Waals surface area contributed by atoms with Crippen molar-refractivity contribution in [2.24, 2.45) is 5.92 Å². The Balaban J connectivity index is 1.85. The number of nitrogens with zero attached hydrogens (tertiary/aromatic N) is 2. The molecule has 1 N–H and O–H groups in total. The molecule has 1 aromatic rings. The monoisotopic (exact) mass is 345 g/mol. The van der Waals surface area contributed by atoms with Crippen LogP contribution in [0.25, 0.3) is 0 Å². The fraction of sp³-hybridized carbons (Fsp3) is 0.583. The highest BCUT2D eigenvalue weighted by Crippen LogP contribution is 2.29. The first-order valence-electron chi connectivity index (χ1n) is 6.41. The maximum Gasteiger partial charge on any atom is 0.244 e. The summed E-state index contributed by atoms with van der Waals surface area (Å²) in [5.74, 6) is 0.448. The van der Waals surface area contributed by atoms with E-state index in [1.54, 1.807) is 16.6 Å². The zero-order valence-corrected chi connectivity index (χ0v) is 12.8. The van der Waals surface area contributed by atoms with Crippen LogP contribution in [0.2, 0.25) is 0 Å². The molecule has 7 heteroatoms. The first-order chi connectivity index (χ1) is 9.07. The number of piperidine rings is 1. The van der Waals surface area contributed by atoms with Gasteiger partial charge in [0.25, 0.3) is 0 Å². The molecule has 2 fully saturated rings. The first-order valence-corrected chi connectivity index (χ1v) is 8.65. The second-order valence-electron chi connectivity index (χ2n) is 5.12. The number of hydrogen-bond donors (Lipinski definition) is 1. The van der Waals surface area contributed by atoms with Crippen LogP contribution in [-0.2, 0) is 10.0 Å². The molecule has 0 amide bonds. The van der Waals surface area contributed by atoms with Gasteiger partial charge in [-0.3, -0.25) is 4.98 Å². The van der Waals surface area contributed by atoms with Crippen molar-refractivity contribution in [2.75, 3.05) is 19.6 Å². The minimum Gasteiger partial charge on any atom is -0.312 e. The molecule has 0 saturated carbocycles. The van der Waals surface area contributed by atoms with Crippen LogP contribution in [0.1, 0.15) is 12.8 Å². The molecule has 0 aromatic carbocycles. The molecular weight excluding hydrogens is 330 g/mol. The highest BCUT2D eigenvalue weighted by molar-refractivity contribution is 9.10. The highest BCUT2D eigenvalue weighted by atomic mass is 79.9. The van der Waals surface area contributed by atoms with Gasteiger partial charge in [-0.15, -0.1) is 0 Å². The van der Waals surface area contributed by atoms with Gasteiger partial charge in [0, 0.05) is 36.0 Å². The number of fused-ring (bicyclic) bond motifs is 1. The lowest BCUT2D eigenvalue weighted by Gasteiger charge is -2.24. The maximum atomic E-state index is 12.6. The predicted molar refractivity (Wildman–Crippen MR) is 75.2 cm³/mol. The van der Waals surface area contributed by atoms with Crippen LogP contribution >= 0.6 is 15.9 Å². The highest BCUT2D eigenvalue weighted by Gasteiger charge is 2.40. The molecule has 2 unspecified atom stereocenters. The molecule has 1 aromatic heterocycles. The predicted octanol–water partition coefficient (Wildman–Crippen LogP) is 1.22. The van der Waals surface area contributed by atoms with Crippen molar-refractivity contribution in [1.82, 2.24) is 14.6 Å². The van der Waals surface area contributed by atoms with Crippen LogP contribution in [0.4, 0.5) is 0 Å². The molecule has 3 rings (SSSR count). The van der Waals surface area contributed by atoms with Gasteiger partial charge in [-0.1, -0.05) is 0 Å². The van der Waals surface area contributed by atoms with Gasteiger partial charge in [-0.05, 0) is 47.3 Å². The number of halogens is 1. The molecule has 19 heavy (non-hydrogen) atoms. The SMILES string of the molecule is O=S(=O)(c1cncc(Br)c1)N1CC2CCCNC2C1. The van der Waals surface area contributed by atoms with Gasteiger partial charge >= 0.3 is 0 Å². The Hall–Kier alpha value is -0.500. The van der Waals surface area contributed by atoms with Crippen molar-refractivity contribution in [3.63, 3.8) is 0 Å². The average molecular weight is 346 g/mol. The lowest BCUT2D eigenvalue weighted by Crippen LogP contribution is -2.41. The topological polar surface area (TPSA) is 62.3 Å². The van der Waals surface area contributed by atoms with E-state index in [0.29, 0.717) is 29.5 Å². The fourth-order valence-electron chi connectivity index (χ4n) is 2.89. The van der Waals surface area contributed by atoms with E-state index in [1.807, 2.05) is 0 Å². The van der Waals surface area contributed by atoms with Crippen molar-refractivity contribution in [1.29, 1.82) is 0 Å². The number of sulfonamides is 1. The second kappa shape index (κ2) is 5.12. The summed E-state index contributed by atoms with van der Waals surface area (Å²) in [5.41, 5.74) is 0. The molecule has 5 nitrogen and oxygen atoms in total. The minimum absolute atomic E-state index is 0.264. The number of nitrogens with one attached hydrogen (secondary N) is 1. The summed E-state index contributed by atoms with van der Waals surface area (Å²) in [6.07, 6.45) is 5.24. The van der Waals surface area contributed by atoms with Crippen LogP contribution in [0, 0.1) is 5.92 Å². The van der Waals surface area contributed by atoms with Crippen LogP contribution in [-0.4, -0.2) is 43.4 Å². The van der Waals surface area contributed by atoms with Crippen molar-refractivity contribution in [2.45, 2.75) is 23.8 Å². The number of rotatable bonds is 2. The standard InChI is InChI=1S/C12H16BrN3O2S/c13-10-4-11(6-14-5-10)19(17,18)16-7-9-2-1-3-15-12(9)8-16/h4-6,9,12,15H,1-3,7-8H2. The van der Waals surface area contributed by atoms with Gasteiger partial charge in [0.1, 0.15) is 4.90 Å². The molecule has 2 atom stereocenters. The van der Waals surface area contributed by atoms with E-state index in [1.165, 1.54) is 6.20 Å². The summed E-state index contributed by atoms with van der Waals surface area (Å²) in [5, 5.41) is 3.41. The average Bonchev–Trinajstić information content (AvgIpc) is 2.83. The molecule has 0 bridgehead atoms. The van der Waals surface area contributed by atoms with Gasteiger partial charge in [0.15, 0.2) is 0 Å². The summed E-state index contributed by atoms with van der Waals surface area (Å²) in [4.78, 5) is 4.21. The summed E-state index contributed by atoms with van der Waals surface area (Å²) in [6, 6.07) is 1.92. The van der Waals surface area contributed by atoms with E-state index in [9.17, 15) is 8.42 Å². The van der Waals surface area contributed by atoms with Crippen LogP contribution in [0.5, 0.6) is 0 Å². The lowest BCUT2D eigenvalue weighted by molar-refractivity contribution is 0.339. The molecule has 2 aliphatic heterocycles. The Kier molecular flexibility index (Phi) is 3.63. The number of hydrogen-bond acceptors (Lipinski definition) is 4. The Morgan fingerprint density at radius 2 is 2.21 bits per heavy atom. The number of pyridine rings is 1.